The molecule has 294 valence electrons. The lowest BCUT2D eigenvalue weighted by Gasteiger charge is -2.19. The minimum absolute atomic E-state index is 0.161. The van der Waals surface area contributed by atoms with Crippen LogP contribution in [-0.4, -0.2) is 62.3 Å². The van der Waals surface area contributed by atoms with Crippen molar-refractivity contribution in [3.63, 3.8) is 0 Å². The van der Waals surface area contributed by atoms with Gasteiger partial charge in [0.1, 0.15) is 5.78 Å². The van der Waals surface area contributed by atoms with Crippen molar-refractivity contribution in [1.29, 1.82) is 0 Å². The highest BCUT2D eigenvalue weighted by atomic mass is 32.1. The molecule has 11 nitrogen and oxygen atoms in total. The zero-order valence-electron chi connectivity index (χ0n) is 33.2. The van der Waals surface area contributed by atoms with Gasteiger partial charge in [-0.25, -0.2) is 0 Å². The highest BCUT2D eigenvalue weighted by Gasteiger charge is 2.19. The number of thiophene rings is 1. The van der Waals surface area contributed by atoms with Gasteiger partial charge in [0.05, 0.1) is 48.2 Å². The van der Waals surface area contributed by atoms with E-state index >= 15 is 0 Å². The van der Waals surface area contributed by atoms with Gasteiger partial charge in [-0.05, 0) is 135 Å². The number of aryl methyl sites for hydroxylation is 2. The second-order valence-corrected chi connectivity index (χ2v) is 15.1. The number of Topliss-reactive ketones (excluding diaryl/α,β-unsaturated/α-hetero) is 1. The van der Waals surface area contributed by atoms with E-state index in [-0.39, 0.29) is 11.7 Å². The third-order valence-electron chi connectivity index (χ3n) is 9.60. The molecule has 0 radical (unpaired) electrons. The fourth-order valence-electron chi connectivity index (χ4n) is 6.57. The van der Waals surface area contributed by atoms with Crippen LogP contribution in [0.15, 0.2) is 123 Å². The number of anilines is 3. The minimum Gasteiger partial charge on any atom is -0.397 e. The first-order chi connectivity index (χ1) is 27.5. The van der Waals surface area contributed by atoms with Crippen molar-refractivity contribution in [3.8, 4) is 10.4 Å². The highest BCUT2D eigenvalue weighted by Crippen LogP contribution is 2.34. The Morgan fingerprint density at radius 2 is 1.65 bits per heavy atom. The Labute approximate surface area is 338 Å². The molecule has 6 rings (SSSR count). The Balaban J connectivity index is 0.882. The maximum absolute atomic E-state index is 13.0. The van der Waals surface area contributed by atoms with E-state index in [1.807, 2.05) is 74.8 Å². The van der Waals surface area contributed by atoms with Crippen molar-refractivity contribution in [3.05, 3.63) is 130 Å². The average Bonchev–Trinajstić information content (AvgIpc) is 3.95. The summed E-state index contributed by atoms with van der Waals surface area (Å²) in [4.78, 5) is 37.2. The monoisotopic (exact) mass is 782 g/mol. The zero-order valence-corrected chi connectivity index (χ0v) is 34.0. The van der Waals surface area contributed by atoms with Crippen LogP contribution in [0.1, 0.15) is 54.0 Å². The number of rotatable bonds is 18. The Bertz CT molecular complexity index is 2300. The van der Waals surface area contributed by atoms with Crippen LogP contribution in [0.25, 0.3) is 16.0 Å². The molecule has 5 aromatic rings. The summed E-state index contributed by atoms with van der Waals surface area (Å²) in [5.41, 5.74) is 18.6. The van der Waals surface area contributed by atoms with E-state index in [2.05, 4.69) is 56.7 Å². The molecule has 0 aliphatic carbocycles. The maximum atomic E-state index is 13.0. The summed E-state index contributed by atoms with van der Waals surface area (Å²) in [5, 5.41) is 16.9. The molecule has 0 atom stereocenters. The maximum Gasteiger partial charge on any atom is 0.255 e. The predicted octanol–water partition coefficient (Wildman–Crippen LogP) is 9.83. The molecule has 5 N–H and O–H groups in total. The molecule has 12 heteroatoms. The lowest BCUT2D eigenvalue weighted by Crippen LogP contribution is -2.28. The number of benzene rings is 3. The van der Waals surface area contributed by atoms with E-state index in [1.165, 1.54) is 5.56 Å². The third kappa shape index (κ3) is 11.1. The Morgan fingerprint density at radius 3 is 2.30 bits per heavy atom. The molecule has 2 aromatic heterocycles. The molecule has 1 aliphatic rings. The van der Waals surface area contributed by atoms with Gasteiger partial charge in [0.2, 0.25) is 0 Å². The van der Waals surface area contributed by atoms with Gasteiger partial charge >= 0.3 is 0 Å². The number of hydrogen-bond donors (Lipinski definition) is 4. The van der Waals surface area contributed by atoms with Gasteiger partial charge in [-0.3, -0.25) is 14.6 Å². The molecular formula is C45H50N8O3S. The first-order valence-electron chi connectivity index (χ1n) is 19.1. The molecule has 0 saturated heterocycles. The number of carbonyl (C=O) groups excluding carboxylic acids is 2. The number of aliphatic imine (C=N–C) groups is 1. The van der Waals surface area contributed by atoms with Crippen LogP contribution in [0.4, 0.5) is 28.4 Å². The highest BCUT2D eigenvalue weighted by molar-refractivity contribution is 7.13. The van der Waals surface area contributed by atoms with Crippen LogP contribution in [-0.2, 0) is 9.53 Å². The summed E-state index contributed by atoms with van der Waals surface area (Å²) in [6.45, 7) is 10.9. The minimum atomic E-state index is -0.256. The largest absolute Gasteiger partial charge is 0.397 e. The number of aromatic nitrogens is 1. The van der Waals surface area contributed by atoms with Crippen LogP contribution in [0.3, 0.4) is 0 Å². The molecule has 57 heavy (non-hydrogen) atoms. The number of H-pyrrole nitrogens is 1. The summed E-state index contributed by atoms with van der Waals surface area (Å²) >= 11 is 1.63. The number of nitrogen functional groups attached to an aromatic ring is 1. The zero-order chi connectivity index (χ0) is 40.3. The smallest absolute Gasteiger partial charge is 0.255 e. The Kier molecular flexibility index (Phi) is 13.8. The first kappa shape index (κ1) is 40.7. The van der Waals surface area contributed by atoms with E-state index < -0.39 is 0 Å². The third-order valence-corrected chi connectivity index (χ3v) is 10.5. The predicted molar refractivity (Wildman–Crippen MR) is 234 cm³/mol. The van der Waals surface area contributed by atoms with Crippen LogP contribution in [0.2, 0.25) is 0 Å². The van der Waals surface area contributed by atoms with Gasteiger partial charge in [-0.1, -0.05) is 12.1 Å². The normalized spacial score (nSPS) is 13.5. The lowest BCUT2D eigenvalue weighted by molar-refractivity contribution is -0.118. The SMILES string of the molecule is CC1=CC(C)=N/C1=C(/CCC(=O)CNCCOCCN(C)c1ccc(N=Nc2ccc(C(=O)Nc3cc(-c4cccs4)ccc3N)cc2)cc1)c1[nH]c(C)cc1C. The van der Waals surface area contributed by atoms with Gasteiger partial charge in [0, 0.05) is 65.4 Å². The average molecular weight is 783 g/mol. The van der Waals surface area contributed by atoms with E-state index in [0.29, 0.717) is 74.0 Å². The van der Waals surface area contributed by atoms with Gasteiger partial charge in [0.25, 0.3) is 5.91 Å². The van der Waals surface area contributed by atoms with Crippen molar-refractivity contribution in [2.75, 3.05) is 55.8 Å². The van der Waals surface area contributed by atoms with E-state index in [4.69, 9.17) is 15.5 Å². The number of ether oxygens (including phenoxy) is 1. The lowest BCUT2D eigenvalue weighted by atomic mass is 9.98. The number of aromatic amines is 1. The second kappa shape index (κ2) is 19.3. The summed E-state index contributed by atoms with van der Waals surface area (Å²) in [6.07, 6.45) is 3.16. The molecule has 1 amide bonds. The molecule has 0 spiro atoms. The number of nitrogens with two attached hydrogens (primary N) is 1. The second-order valence-electron chi connectivity index (χ2n) is 14.2. The van der Waals surface area contributed by atoms with Crippen molar-refractivity contribution in [2.45, 2.75) is 40.5 Å². The topological polar surface area (TPSA) is 150 Å². The van der Waals surface area contributed by atoms with Gasteiger partial charge < -0.3 is 31.0 Å². The molecule has 0 saturated carbocycles. The van der Waals surface area contributed by atoms with Crippen LogP contribution in [0, 0.1) is 13.8 Å². The number of nitrogens with zero attached hydrogens (tertiary/aromatic N) is 4. The summed E-state index contributed by atoms with van der Waals surface area (Å²) in [5.74, 6) is -0.0956. The fraction of sp³-hybridized carbons (Fsp3) is 0.267. The number of allylic oxidation sites excluding steroid dienone is 3. The molecule has 0 bridgehead atoms. The summed E-state index contributed by atoms with van der Waals surface area (Å²) in [7, 11) is 2.01. The van der Waals surface area contributed by atoms with Gasteiger partial charge in [-0.15, -0.1) is 11.3 Å². The molecule has 1 aliphatic heterocycles. The molecule has 0 fully saturated rings. The van der Waals surface area contributed by atoms with Crippen molar-refractivity contribution in [1.82, 2.24) is 10.3 Å². The van der Waals surface area contributed by atoms with Crippen molar-refractivity contribution >= 4 is 62.7 Å². The number of nitrogens with one attached hydrogen (secondary N) is 3. The van der Waals surface area contributed by atoms with E-state index in [9.17, 15) is 9.59 Å². The fourth-order valence-corrected chi connectivity index (χ4v) is 7.29. The van der Waals surface area contributed by atoms with E-state index in [1.54, 1.807) is 41.7 Å². The number of ketones is 1. The Hall–Kier alpha value is -5.95. The van der Waals surface area contributed by atoms with Crippen molar-refractivity contribution < 1.29 is 14.3 Å². The molecular weight excluding hydrogens is 733 g/mol. The molecule has 3 aromatic carbocycles. The quantitative estimate of drug-likeness (QED) is 0.0395. The number of carbonyl (C=O) groups is 2. The van der Waals surface area contributed by atoms with Crippen LogP contribution in [0.5, 0.6) is 0 Å². The number of azo groups is 1. The van der Waals surface area contributed by atoms with Gasteiger partial charge in [0.15, 0.2) is 0 Å². The van der Waals surface area contributed by atoms with Gasteiger partial charge in [-0.2, -0.15) is 10.2 Å². The van der Waals surface area contributed by atoms with Crippen molar-refractivity contribution in [2.24, 2.45) is 15.2 Å². The van der Waals surface area contributed by atoms with Crippen LogP contribution >= 0.6 is 11.3 Å². The number of likely N-dealkylation sites (N-methyl/N-ethyl adjacent to an activating group) is 1. The summed E-state index contributed by atoms with van der Waals surface area (Å²) < 4.78 is 5.84. The Morgan fingerprint density at radius 1 is 0.912 bits per heavy atom. The molecule has 0 unspecified atom stereocenters. The molecule has 3 heterocycles. The number of amides is 1. The van der Waals surface area contributed by atoms with E-state index in [0.717, 1.165) is 50.1 Å². The summed E-state index contributed by atoms with van der Waals surface area (Å²) in [6, 6.07) is 26.5. The number of hydrogen-bond acceptors (Lipinski definition) is 10. The van der Waals surface area contributed by atoms with Crippen LogP contribution < -0.4 is 21.3 Å². The standard InChI is InChI=1S/C45H50N8O3S/c1-29-25-31(3)48-43(29)39(44-30(2)26-32(4)49-44)18-17-38(54)28-47-20-22-56-23-21-53(5)37-15-13-36(14-16-37)52-51-35-11-8-33(9-12-35)45(55)50-41-27-34(10-19-40(41)46)42-7-6-24-57-42/h6-16,19,24-27,47-48H,17-18,20-23,28,46H2,1-5H3,(H,50,55)/b44-39-,52-51?. The first-order valence-corrected chi connectivity index (χ1v) is 19.9.